The maximum Gasteiger partial charge on any atom is 0.255 e. The van der Waals surface area contributed by atoms with Crippen LogP contribution >= 0.6 is 0 Å². The standard InChI is InChI=1S/C20H22N2O3/c1-15(25-2)20(24)21-13-12-19(23)22(14-16-8-4-3-5-9-16)18-11-7-6-10-17(18)21/h3-11,15H,12-14H2,1-2H3. The van der Waals surface area contributed by atoms with E-state index in [1.165, 1.54) is 7.11 Å². The van der Waals surface area contributed by atoms with Crippen LogP contribution in [0.15, 0.2) is 54.6 Å². The van der Waals surface area contributed by atoms with Crippen LogP contribution in [-0.4, -0.2) is 31.6 Å². The van der Waals surface area contributed by atoms with Crippen molar-refractivity contribution in [3.8, 4) is 0 Å². The molecule has 0 radical (unpaired) electrons. The zero-order chi connectivity index (χ0) is 17.8. The van der Waals surface area contributed by atoms with Gasteiger partial charge in [0.25, 0.3) is 5.91 Å². The zero-order valence-electron chi connectivity index (χ0n) is 14.5. The Bertz CT molecular complexity index is 761. The molecule has 5 nitrogen and oxygen atoms in total. The van der Waals surface area contributed by atoms with Gasteiger partial charge in [0, 0.05) is 20.1 Å². The second kappa shape index (κ2) is 7.49. The van der Waals surface area contributed by atoms with E-state index in [1.54, 1.807) is 16.7 Å². The van der Waals surface area contributed by atoms with Gasteiger partial charge >= 0.3 is 0 Å². The van der Waals surface area contributed by atoms with Crippen molar-refractivity contribution in [2.75, 3.05) is 23.5 Å². The van der Waals surface area contributed by atoms with Crippen LogP contribution in [0, 0.1) is 0 Å². The van der Waals surface area contributed by atoms with Crippen LogP contribution in [-0.2, 0) is 20.9 Å². The number of methoxy groups -OCH3 is 1. The lowest BCUT2D eigenvalue weighted by atomic mass is 10.1. The summed E-state index contributed by atoms with van der Waals surface area (Å²) in [7, 11) is 1.51. The number of rotatable bonds is 4. The summed E-state index contributed by atoms with van der Waals surface area (Å²) in [5.41, 5.74) is 2.55. The average Bonchev–Trinajstić information content (AvgIpc) is 2.79. The number of fused-ring (bicyclic) bond motifs is 1. The maximum absolute atomic E-state index is 12.7. The van der Waals surface area contributed by atoms with Gasteiger partial charge in [-0.2, -0.15) is 0 Å². The molecule has 1 unspecified atom stereocenters. The first-order chi connectivity index (χ1) is 12.1. The second-order valence-electron chi connectivity index (χ2n) is 6.07. The van der Waals surface area contributed by atoms with E-state index in [-0.39, 0.29) is 18.2 Å². The SMILES string of the molecule is COC(C)C(=O)N1CCC(=O)N(Cc2ccccc2)c2ccccc21. The maximum atomic E-state index is 12.7. The summed E-state index contributed by atoms with van der Waals surface area (Å²) >= 11 is 0. The fourth-order valence-electron chi connectivity index (χ4n) is 3.01. The second-order valence-corrected chi connectivity index (χ2v) is 6.07. The predicted octanol–water partition coefficient (Wildman–Crippen LogP) is 2.99. The molecule has 1 aliphatic heterocycles. The van der Waals surface area contributed by atoms with Crippen molar-refractivity contribution < 1.29 is 14.3 Å². The third kappa shape index (κ3) is 3.56. The van der Waals surface area contributed by atoms with Gasteiger partial charge in [-0.15, -0.1) is 0 Å². The topological polar surface area (TPSA) is 49.9 Å². The largest absolute Gasteiger partial charge is 0.372 e. The number of nitrogens with zero attached hydrogens (tertiary/aromatic N) is 2. The van der Waals surface area contributed by atoms with Crippen LogP contribution in [0.4, 0.5) is 11.4 Å². The molecule has 130 valence electrons. The van der Waals surface area contributed by atoms with Crippen LogP contribution in [0.3, 0.4) is 0 Å². The number of anilines is 2. The highest BCUT2D eigenvalue weighted by Gasteiger charge is 2.31. The molecule has 3 rings (SSSR count). The summed E-state index contributed by atoms with van der Waals surface area (Å²) in [4.78, 5) is 28.9. The molecule has 5 heteroatoms. The number of hydrogen-bond acceptors (Lipinski definition) is 3. The zero-order valence-corrected chi connectivity index (χ0v) is 14.5. The van der Waals surface area contributed by atoms with E-state index in [9.17, 15) is 9.59 Å². The summed E-state index contributed by atoms with van der Waals surface area (Å²) in [6.45, 7) is 2.56. The van der Waals surface area contributed by atoms with Gasteiger partial charge in [0.05, 0.1) is 17.9 Å². The molecule has 0 aromatic heterocycles. The van der Waals surface area contributed by atoms with Crippen molar-refractivity contribution in [3.63, 3.8) is 0 Å². The van der Waals surface area contributed by atoms with Crippen molar-refractivity contribution in [1.29, 1.82) is 0 Å². The average molecular weight is 338 g/mol. The first-order valence-electron chi connectivity index (χ1n) is 8.39. The molecule has 2 aromatic carbocycles. The quantitative estimate of drug-likeness (QED) is 0.861. The van der Waals surface area contributed by atoms with E-state index >= 15 is 0 Å². The summed E-state index contributed by atoms with van der Waals surface area (Å²) in [5.74, 6) is -0.124. The van der Waals surface area contributed by atoms with Gasteiger partial charge in [0.15, 0.2) is 0 Å². The van der Waals surface area contributed by atoms with Crippen molar-refractivity contribution in [1.82, 2.24) is 0 Å². The van der Waals surface area contributed by atoms with Crippen molar-refractivity contribution in [2.24, 2.45) is 0 Å². The fourth-order valence-corrected chi connectivity index (χ4v) is 3.01. The molecular weight excluding hydrogens is 316 g/mol. The molecule has 0 bridgehead atoms. The van der Waals surface area contributed by atoms with E-state index in [2.05, 4.69) is 0 Å². The molecule has 1 heterocycles. The third-order valence-corrected chi connectivity index (χ3v) is 4.46. The summed E-state index contributed by atoms with van der Waals surface area (Å²) < 4.78 is 5.18. The Morgan fingerprint density at radius 1 is 1.08 bits per heavy atom. The fraction of sp³-hybridized carbons (Fsp3) is 0.300. The van der Waals surface area contributed by atoms with Crippen molar-refractivity contribution >= 4 is 23.2 Å². The van der Waals surface area contributed by atoms with E-state index in [0.29, 0.717) is 13.1 Å². The highest BCUT2D eigenvalue weighted by atomic mass is 16.5. The molecule has 0 spiro atoms. The van der Waals surface area contributed by atoms with Gasteiger partial charge in [-0.1, -0.05) is 42.5 Å². The Morgan fingerprint density at radius 2 is 1.72 bits per heavy atom. The Kier molecular flexibility index (Phi) is 5.14. The number of para-hydroxylation sites is 2. The molecular formula is C20H22N2O3. The minimum absolute atomic E-state index is 0.0108. The Labute approximate surface area is 147 Å². The van der Waals surface area contributed by atoms with E-state index in [1.807, 2.05) is 54.6 Å². The highest BCUT2D eigenvalue weighted by Crippen LogP contribution is 2.34. The first kappa shape index (κ1) is 17.2. The van der Waals surface area contributed by atoms with Gasteiger partial charge in [0.1, 0.15) is 6.10 Å². The lowest BCUT2D eigenvalue weighted by Gasteiger charge is -2.27. The van der Waals surface area contributed by atoms with Crippen LogP contribution < -0.4 is 9.80 Å². The number of ether oxygens (including phenoxy) is 1. The number of benzene rings is 2. The molecule has 1 aliphatic rings. The number of carbonyl (C=O) groups excluding carboxylic acids is 2. The highest BCUT2D eigenvalue weighted by molar-refractivity contribution is 6.06. The molecule has 2 amide bonds. The van der Waals surface area contributed by atoms with Crippen LogP contribution in [0.2, 0.25) is 0 Å². The minimum atomic E-state index is -0.552. The van der Waals surface area contributed by atoms with Gasteiger partial charge in [0.2, 0.25) is 5.91 Å². The van der Waals surface area contributed by atoms with Crippen LogP contribution in [0.1, 0.15) is 18.9 Å². The van der Waals surface area contributed by atoms with E-state index < -0.39 is 6.10 Å². The summed E-state index contributed by atoms with van der Waals surface area (Å²) in [6.07, 6.45) is -0.271. The van der Waals surface area contributed by atoms with E-state index in [0.717, 1.165) is 16.9 Å². The van der Waals surface area contributed by atoms with Crippen molar-refractivity contribution in [3.05, 3.63) is 60.2 Å². The van der Waals surface area contributed by atoms with Crippen LogP contribution in [0.25, 0.3) is 0 Å². The first-order valence-corrected chi connectivity index (χ1v) is 8.39. The molecule has 25 heavy (non-hydrogen) atoms. The Balaban J connectivity index is 1.99. The molecule has 0 saturated carbocycles. The molecule has 0 fully saturated rings. The molecule has 0 N–H and O–H groups in total. The number of carbonyl (C=O) groups is 2. The predicted molar refractivity (Wildman–Crippen MR) is 97.5 cm³/mol. The lowest BCUT2D eigenvalue weighted by Crippen LogP contribution is -2.39. The normalized spacial score (nSPS) is 15.5. The monoisotopic (exact) mass is 338 g/mol. The van der Waals surface area contributed by atoms with E-state index in [4.69, 9.17) is 4.74 Å². The van der Waals surface area contributed by atoms with Gasteiger partial charge < -0.3 is 14.5 Å². The molecule has 2 aromatic rings. The Hall–Kier alpha value is -2.66. The third-order valence-electron chi connectivity index (χ3n) is 4.46. The van der Waals surface area contributed by atoms with Gasteiger partial charge in [-0.05, 0) is 24.6 Å². The van der Waals surface area contributed by atoms with Crippen LogP contribution in [0.5, 0.6) is 0 Å². The summed E-state index contributed by atoms with van der Waals surface area (Å²) in [5, 5.41) is 0. The Morgan fingerprint density at radius 3 is 2.40 bits per heavy atom. The lowest BCUT2D eigenvalue weighted by molar-refractivity contribution is -0.127. The minimum Gasteiger partial charge on any atom is -0.372 e. The number of hydrogen-bond donors (Lipinski definition) is 0. The molecule has 0 saturated heterocycles. The van der Waals surface area contributed by atoms with Gasteiger partial charge in [-0.25, -0.2) is 0 Å². The smallest absolute Gasteiger partial charge is 0.255 e. The number of amides is 2. The van der Waals surface area contributed by atoms with Crippen molar-refractivity contribution in [2.45, 2.75) is 26.0 Å². The summed E-state index contributed by atoms with van der Waals surface area (Å²) in [6, 6.07) is 17.4. The molecule has 0 aliphatic carbocycles. The molecule has 1 atom stereocenters. The van der Waals surface area contributed by atoms with Gasteiger partial charge in [-0.3, -0.25) is 9.59 Å².